The maximum absolute atomic E-state index is 12.4. The fraction of sp³-hybridized carbons (Fsp3) is 0.182. The van der Waals surface area contributed by atoms with Crippen LogP contribution >= 0.6 is 0 Å². The van der Waals surface area contributed by atoms with Gasteiger partial charge in [-0.15, -0.1) is 0 Å². The Morgan fingerprint density at radius 2 is 1.88 bits per heavy atom. The maximum Gasteiger partial charge on any atom is 0.270 e. The van der Waals surface area contributed by atoms with Crippen LogP contribution < -0.4 is 10.6 Å². The van der Waals surface area contributed by atoms with Crippen molar-refractivity contribution >= 4 is 17.3 Å². The van der Waals surface area contributed by atoms with E-state index in [9.17, 15) is 4.79 Å². The summed E-state index contributed by atoms with van der Waals surface area (Å²) in [7, 11) is 0. The first-order chi connectivity index (χ1) is 12.7. The minimum absolute atomic E-state index is 0.182. The van der Waals surface area contributed by atoms with E-state index in [-0.39, 0.29) is 5.91 Å². The number of rotatable bonds is 6. The summed E-state index contributed by atoms with van der Waals surface area (Å²) in [5.41, 5.74) is 5.78. The third kappa shape index (κ3) is 4.48. The third-order valence-corrected chi connectivity index (χ3v) is 4.21. The van der Waals surface area contributed by atoms with Crippen molar-refractivity contribution in [1.29, 1.82) is 0 Å². The van der Waals surface area contributed by atoms with E-state index >= 15 is 0 Å². The zero-order valence-corrected chi connectivity index (χ0v) is 15.1. The Hall–Kier alpha value is -3.14. The fourth-order valence-corrected chi connectivity index (χ4v) is 2.83. The van der Waals surface area contributed by atoms with Gasteiger partial charge in [-0.1, -0.05) is 55.0 Å². The molecule has 4 nitrogen and oxygen atoms in total. The molecule has 0 unspecified atom stereocenters. The lowest BCUT2D eigenvalue weighted by molar-refractivity contribution is 0.0946. The van der Waals surface area contributed by atoms with Gasteiger partial charge in [0.1, 0.15) is 5.69 Å². The van der Waals surface area contributed by atoms with Gasteiger partial charge in [0.25, 0.3) is 5.91 Å². The molecule has 0 saturated carbocycles. The van der Waals surface area contributed by atoms with Crippen LogP contribution in [0, 0.1) is 6.92 Å². The number of pyridine rings is 1. The van der Waals surface area contributed by atoms with Crippen LogP contribution in [-0.4, -0.2) is 10.9 Å². The molecule has 0 bridgehead atoms. The lowest BCUT2D eigenvalue weighted by Gasteiger charge is -2.12. The normalized spacial score (nSPS) is 10.4. The number of para-hydroxylation sites is 1. The summed E-state index contributed by atoms with van der Waals surface area (Å²) in [4.78, 5) is 16.6. The highest BCUT2D eigenvalue weighted by Gasteiger charge is 2.09. The molecule has 0 aliphatic carbocycles. The number of hydrogen-bond donors (Lipinski definition) is 2. The molecule has 0 atom stereocenters. The molecule has 26 heavy (non-hydrogen) atoms. The first-order valence-corrected chi connectivity index (χ1v) is 8.80. The van der Waals surface area contributed by atoms with E-state index in [4.69, 9.17) is 0 Å². The number of amides is 1. The zero-order chi connectivity index (χ0) is 18.4. The second kappa shape index (κ2) is 8.30. The Morgan fingerprint density at radius 1 is 1.04 bits per heavy atom. The topological polar surface area (TPSA) is 54.0 Å². The van der Waals surface area contributed by atoms with Crippen LogP contribution in [0.1, 0.15) is 34.1 Å². The second-order valence-corrected chi connectivity index (χ2v) is 6.24. The molecule has 2 aromatic carbocycles. The van der Waals surface area contributed by atoms with Gasteiger partial charge < -0.3 is 10.6 Å². The van der Waals surface area contributed by atoms with E-state index in [0.29, 0.717) is 12.2 Å². The van der Waals surface area contributed by atoms with Crippen LogP contribution in [0.25, 0.3) is 0 Å². The molecule has 2 N–H and O–H groups in total. The number of aryl methyl sites for hydroxylation is 2. The number of nitrogens with zero attached hydrogens (tertiary/aromatic N) is 1. The molecule has 0 saturated heterocycles. The molecule has 0 fully saturated rings. The average molecular weight is 345 g/mol. The first kappa shape index (κ1) is 17.7. The number of nitrogens with one attached hydrogen (secondary N) is 2. The quantitative estimate of drug-likeness (QED) is 0.685. The summed E-state index contributed by atoms with van der Waals surface area (Å²) in [6.07, 6.45) is 2.59. The molecule has 0 aliphatic rings. The van der Waals surface area contributed by atoms with E-state index in [0.717, 1.165) is 23.4 Å². The summed E-state index contributed by atoms with van der Waals surface area (Å²) in [6, 6.07) is 19.9. The van der Waals surface area contributed by atoms with Gasteiger partial charge in [0.2, 0.25) is 0 Å². The van der Waals surface area contributed by atoms with Crippen molar-refractivity contribution in [2.24, 2.45) is 0 Å². The predicted octanol–water partition coefficient (Wildman–Crippen LogP) is 4.63. The van der Waals surface area contributed by atoms with Gasteiger partial charge >= 0.3 is 0 Å². The summed E-state index contributed by atoms with van der Waals surface area (Å²) in [5.74, 6) is -0.182. The van der Waals surface area contributed by atoms with Gasteiger partial charge in [-0.2, -0.15) is 0 Å². The average Bonchev–Trinajstić information content (AvgIpc) is 2.67. The molecule has 1 heterocycles. The number of carbonyl (C=O) groups excluding carboxylic acids is 1. The lowest BCUT2D eigenvalue weighted by atomic mass is 10.1. The van der Waals surface area contributed by atoms with E-state index in [2.05, 4.69) is 34.7 Å². The van der Waals surface area contributed by atoms with Crippen molar-refractivity contribution < 1.29 is 4.79 Å². The van der Waals surface area contributed by atoms with E-state index in [1.807, 2.05) is 49.4 Å². The number of benzene rings is 2. The summed E-state index contributed by atoms with van der Waals surface area (Å²) in [5, 5.41) is 6.31. The molecule has 1 amide bonds. The number of anilines is 2. The molecule has 3 aromatic rings. The van der Waals surface area contributed by atoms with Crippen LogP contribution in [0.2, 0.25) is 0 Å². The molecular weight excluding hydrogens is 322 g/mol. The second-order valence-electron chi connectivity index (χ2n) is 6.24. The minimum atomic E-state index is -0.182. The van der Waals surface area contributed by atoms with E-state index in [1.54, 1.807) is 12.3 Å². The monoisotopic (exact) mass is 345 g/mol. The molecule has 0 radical (unpaired) electrons. The number of hydrogen-bond acceptors (Lipinski definition) is 3. The molecule has 0 aliphatic heterocycles. The fourth-order valence-electron chi connectivity index (χ4n) is 2.83. The van der Waals surface area contributed by atoms with Crippen molar-refractivity contribution in [3.05, 3.63) is 89.2 Å². The van der Waals surface area contributed by atoms with Crippen LogP contribution in [0.5, 0.6) is 0 Å². The van der Waals surface area contributed by atoms with Gasteiger partial charge in [-0.05, 0) is 42.7 Å². The van der Waals surface area contributed by atoms with Crippen molar-refractivity contribution in [2.45, 2.75) is 26.8 Å². The molecular formula is C22H23N3O. The first-order valence-electron chi connectivity index (χ1n) is 8.80. The van der Waals surface area contributed by atoms with E-state index < -0.39 is 0 Å². The van der Waals surface area contributed by atoms with Crippen LogP contribution in [-0.2, 0) is 13.0 Å². The molecule has 4 heteroatoms. The van der Waals surface area contributed by atoms with Gasteiger partial charge in [-0.3, -0.25) is 9.78 Å². The van der Waals surface area contributed by atoms with Crippen molar-refractivity contribution in [3.63, 3.8) is 0 Å². The molecule has 132 valence electrons. The Kier molecular flexibility index (Phi) is 5.64. The Labute approximate surface area is 154 Å². The predicted molar refractivity (Wildman–Crippen MR) is 106 cm³/mol. The minimum Gasteiger partial charge on any atom is -0.355 e. The highest BCUT2D eigenvalue weighted by molar-refractivity contribution is 5.93. The Balaban J connectivity index is 1.69. The van der Waals surface area contributed by atoms with Crippen LogP contribution in [0.3, 0.4) is 0 Å². The smallest absolute Gasteiger partial charge is 0.270 e. The highest BCUT2D eigenvalue weighted by atomic mass is 16.1. The van der Waals surface area contributed by atoms with Gasteiger partial charge in [0.15, 0.2) is 0 Å². The van der Waals surface area contributed by atoms with Crippen molar-refractivity contribution in [1.82, 2.24) is 10.3 Å². The number of aromatic nitrogens is 1. The van der Waals surface area contributed by atoms with E-state index in [1.165, 1.54) is 11.1 Å². The van der Waals surface area contributed by atoms with Gasteiger partial charge in [-0.25, -0.2) is 0 Å². The lowest BCUT2D eigenvalue weighted by Crippen LogP contribution is -2.23. The highest BCUT2D eigenvalue weighted by Crippen LogP contribution is 2.21. The maximum atomic E-state index is 12.4. The van der Waals surface area contributed by atoms with Crippen LogP contribution in [0.15, 0.2) is 66.9 Å². The Morgan fingerprint density at radius 3 is 2.69 bits per heavy atom. The summed E-state index contributed by atoms with van der Waals surface area (Å²) in [6.45, 7) is 4.64. The van der Waals surface area contributed by atoms with Gasteiger partial charge in [0.05, 0.1) is 0 Å². The molecule has 0 spiro atoms. The Bertz CT molecular complexity index is 905. The molecule has 1 aromatic heterocycles. The van der Waals surface area contributed by atoms with Gasteiger partial charge in [0, 0.05) is 24.1 Å². The standard InChI is InChI=1S/C22H23N3O/c1-3-18-9-4-5-10-20(18)25-19-11-12-23-21(14-19)22(26)24-15-17-8-6-7-16(2)13-17/h4-14H,3,15H2,1-2H3,(H,23,25)(H,24,26). The largest absolute Gasteiger partial charge is 0.355 e. The summed E-state index contributed by atoms with van der Waals surface area (Å²) >= 11 is 0. The van der Waals surface area contributed by atoms with Crippen molar-refractivity contribution in [3.8, 4) is 0 Å². The number of carbonyl (C=O) groups is 1. The summed E-state index contributed by atoms with van der Waals surface area (Å²) < 4.78 is 0. The van der Waals surface area contributed by atoms with Crippen LogP contribution in [0.4, 0.5) is 11.4 Å². The zero-order valence-electron chi connectivity index (χ0n) is 15.1. The molecule has 3 rings (SSSR count). The third-order valence-electron chi connectivity index (χ3n) is 4.21. The SMILES string of the molecule is CCc1ccccc1Nc1ccnc(C(=O)NCc2cccc(C)c2)c1. The van der Waals surface area contributed by atoms with Crippen molar-refractivity contribution in [2.75, 3.05) is 5.32 Å².